The fraction of sp³-hybridized carbons (Fsp3) is 0.200. The van der Waals surface area contributed by atoms with E-state index >= 15 is 0 Å². The van der Waals surface area contributed by atoms with Crippen molar-refractivity contribution in [3.63, 3.8) is 0 Å². The average Bonchev–Trinajstić information content (AvgIpc) is 2.81. The third-order valence-electron chi connectivity index (χ3n) is 3.58. The van der Waals surface area contributed by atoms with Crippen molar-refractivity contribution >= 4 is 11.0 Å². The number of para-hydroxylation sites is 1. The van der Waals surface area contributed by atoms with E-state index in [-0.39, 0.29) is 0 Å². The lowest BCUT2D eigenvalue weighted by atomic mass is 10.0. The lowest BCUT2D eigenvalue weighted by molar-refractivity contribution is 0.430. The Bertz CT molecular complexity index is 731. The Morgan fingerprint density at radius 3 is 2.89 bits per heavy atom. The number of hydrogen-bond acceptors (Lipinski definition) is 4. The highest BCUT2D eigenvalue weighted by Crippen LogP contribution is 2.29. The first-order valence-electron chi connectivity index (χ1n) is 6.42. The van der Waals surface area contributed by atoms with Crippen LogP contribution in [0.2, 0.25) is 0 Å². The second-order valence-electron chi connectivity index (χ2n) is 4.80. The molecule has 2 aromatic heterocycles. The first-order valence-corrected chi connectivity index (χ1v) is 6.42. The SMILES string of the molecule is c1ccc2c(-c3ccnc(C4CNC4)n3)coc2c1. The zero-order chi connectivity index (χ0) is 12.7. The second kappa shape index (κ2) is 4.17. The molecule has 0 aliphatic carbocycles. The van der Waals surface area contributed by atoms with Crippen LogP contribution in [0, 0.1) is 0 Å². The molecule has 0 atom stereocenters. The maximum atomic E-state index is 5.57. The van der Waals surface area contributed by atoms with Gasteiger partial charge in [0.1, 0.15) is 17.7 Å². The van der Waals surface area contributed by atoms with E-state index in [9.17, 15) is 0 Å². The fourth-order valence-corrected chi connectivity index (χ4v) is 2.37. The van der Waals surface area contributed by atoms with Crippen LogP contribution in [0.25, 0.3) is 22.2 Å². The molecule has 1 aliphatic heterocycles. The Hall–Kier alpha value is -2.20. The van der Waals surface area contributed by atoms with E-state index in [4.69, 9.17) is 4.42 Å². The van der Waals surface area contributed by atoms with Gasteiger partial charge in [0.2, 0.25) is 0 Å². The molecular formula is C15H13N3O. The standard InChI is InChI=1S/C15H13N3O/c1-2-4-14-11(3-1)12(9-19-14)13-5-6-17-15(18-13)10-7-16-8-10/h1-6,9-10,16H,7-8H2. The van der Waals surface area contributed by atoms with Crippen LogP contribution in [0.3, 0.4) is 0 Å². The van der Waals surface area contributed by atoms with Gasteiger partial charge in [-0.3, -0.25) is 0 Å². The van der Waals surface area contributed by atoms with E-state index in [0.717, 1.165) is 41.1 Å². The van der Waals surface area contributed by atoms with Crippen molar-refractivity contribution in [2.24, 2.45) is 0 Å². The molecule has 1 saturated heterocycles. The van der Waals surface area contributed by atoms with Gasteiger partial charge in [-0.05, 0) is 12.1 Å². The number of nitrogens with zero attached hydrogens (tertiary/aromatic N) is 2. The van der Waals surface area contributed by atoms with Gasteiger partial charge in [-0.25, -0.2) is 9.97 Å². The molecule has 4 nitrogen and oxygen atoms in total. The van der Waals surface area contributed by atoms with E-state index in [0.29, 0.717) is 5.92 Å². The number of furan rings is 1. The van der Waals surface area contributed by atoms with Gasteiger partial charge >= 0.3 is 0 Å². The van der Waals surface area contributed by atoms with Crippen molar-refractivity contribution in [2.75, 3.05) is 13.1 Å². The summed E-state index contributed by atoms with van der Waals surface area (Å²) >= 11 is 0. The van der Waals surface area contributed by atoms with E-state index < -0.39 is 0 Å². The number of hydrogen-bond donors (Lipinski definition) is 1. The molecule has 4 heteroatoms. The summed E-state index contributed by atoms with van der Waals surface area (Å²) in [7, 11) is 0. The second-order valence-corrected chi connectivity index (χ2v) is 4.80. The summed E-state index contributed by atoms with van der Waals surface area (Å²) < 4.78 is 5.57. The van der Waals surface area contributed by atoms with E-state index in [1.54, 1.807) is 6.26 Å². The summed E-state index contributed by atoms with van der Waals surface area (Å²) in [5.41, 5.74) is 2.86. The summed E-state index contributed by atoms with van der Waals surface area (Å²) in [5, 5.41) is 4.34. The van der Waals surface area contributed by atoms with Crippen LogP contribution in [-0.4, -0.2) is 23.1 Å². The third-order valence-corrected chi connectivity index (χ3v) is 3.58. The van der Waals surface area contributed by atoms with Gasteiger partial charge in [-0.1, -0.05) is 18.2 Å². The van der Waals surface area contributed by atoms with Gasteiger partial charge in [-0.15, -0.1) is 0 Å². The number of nitrogens with one attached hydrogen (secondary N) is 1. The molecule has 0 radical (unpaired) electrons. The van der Waals surface area contributed by atoms with Gasteiger partial charge in [0.05, 0.1) is 5.69 Å². The van der Waals surface area contributed by atoms with Crippen molar-refractivity contribution < 1.29 is 4.42 Å². The molecule has 1 N–H and O–H groups in total. The van der Waals surface area contributed by atoms with E-state index in [2.05, 4.69) is 21.4 Å². The number of aromatic nitrogens is 2. The lowest BCUT2D eigenvalue weighted by Crippen LogP contribution is -2.40. The molecule has 1 aliphatic rings. The lowest BCUT2D eigenvalue weighted by Gasteiger charge is -2.25. The zero-order valence-electron chi connectivity index (χ0n) is 10.3. The predicted octanol–water partition coefficient (Wildman–Crippen LogP) is 2.58. The summed E-state index contributed by atoms with van der Waals surface area (Å²) in [6.45, 7) is 1.94. The van der Waals surface area contributed by atoms with Crippen LogP contribution in [0.15, 0.2) is 47.2 Å². The highest BCUT2D eigenvalue weighted by atomic mass is 16.3. The van der Waals surface area contributed by atoms with Crippen molar-refractivity contribution in [1.29, 1.82) is 0 Å². The Morgan fingerprint density at radius 2 is 2.05 bits per heavy atom. The monoisotopic (exact) mass is 251 g/mol. The molecule has 0 saturated carbocycles. The minimum absolute atomic E-state index is 0.443. The Balaban J connectivity index is 1.83. The fourth-order valence-electron chi connectivity index (χ4n) is 2.37. The third kappa shape index (κ3) is 1.72. The van der Waals surface area contributed by atoms with Gasteiger partial charge in [0.15, 0.2) is 0 Å². The number of rotatable bonds is 2. The van der Waals surface area contributed by atoms with Gasteiger partial charge in [0, 0.05) is 36.2 Å². The molecule has 0 amide bonds. The normalized spacial score (nSPS) is 15.6. The van der Waals surface area contributed by atoms with Gasteiger partial charge in [0.25, 0.3) is 0 Å². The number of fused-ring (bicyclic) bond motifs is 1. The highest BCUT2D eigenvalue weighted by molar-refractivity contribution is 5.92. The van der Waals surface area contributed by atoms with Crippen molar-refractivity contribution in [1.82, 2.24) is 15.3 Å². The van der Waals surface area contributed by atoms with Crippen LogP contribution in [-0.2, 0) is 0 Å². The molecule has 94 valence electrons. The van der Waals surface area contributed by atoms with Crippen LogP contribution >= 0.6 is 0 Å². The van der Waals surface area contributed by atoms with Crippen molar-refractivity contribution in [2.45, 2.75) is 5.92 Å². The molecule has 3 heterocycles. The number of benzene rings is 1. The Morgan fingerprint density at radius 1 is 1.16 bits per heavy atom. The van der Waals surface area contributed by atoms with Gasteiger partial charge < -0.3 is 9.73 Å². The Labute approximate surface area is 110 Å². The Kier molecular flexibility index (Phi) is 2.35. The van der Waals surface area contributed by atoms with Crippen LogP contribution in [0.4, 0.5) is 0 Å². The maximum absolute atomic E-state index is 5.57. The van der Waals surface area contributed by atoms with Gasteiger partial charge in [-0.2, -0.15) is 0 Å². The molecule has 1 aromatic carbocycles. The molecule has 19 heavy (non-hydrogen) atoms. The van der Waals surface area contributed by atoms with Crippen LogP contribution in [0.1, 0.15) is 11.7 Å². The summed E-state index contributed by atoms with van der Waals surface area (Å²) in [4.78, 5) is 9.05. The smallest absolute Gasteiger partial charge is 0.134 e. The van der Waals surface area contributed by atoms with Crippen molar-refractivity contribution in [3.8, 4) is 11.3 Å². The first kappa shape index (κ1) is 10.7. The minimum atomic E-state index is 0.443. The molecule has 0 spiro atoms. The van der Waals surface area contributed by atoms with E-state index in [1.165, 1.54) is 0 Å². The summed E-state index contributed by atoms with van der Waals surface area (Å²) in [5.74, 6) is 1.36. The zero-order valence-corrected chi connectivity index (χ0v) is 10.3. The van der Waals surface area contributed by atoms with Crippen LogP contribution < -0.4 is 5.32 Å². The summed E-state index contributed by atoms with van der Waals surface area (Å²) in [6, 6.07) is 9.95. The first-order chi connectivity index (χ1) is 9.42. The van der Waals surface area contributed by atoms with E-state index in [1.807, 2.05) is 30.5 Å². The molecular weight excluding hydrogens is 238 g/mol. The molecule has 1 fully saturated rings. The molecule has 3 aromatic rings. The topological polar surface area (TPSA) is 51.0 Å². The molecule has 4 rings (SSSR count). The molecule has 0 unspecified atom stereocenters. The highest BCUT2D eigenvalue weighted by Gasteiger charge is 2.22. The minimum Gasteiger partial charge on any atom is -0.464 e. The molecule has 0 bridgehead atoms. The maximum Gasteiger partial charge on any atom is 0.134 e. The van der Waals surface area contributed by atoms with Crippen molar-refractivity contribution in [3.05, 3.63) is 48.6 Å². The predicted molar refractivity (Wildman–Crippen MR) is 72.9 cm³/mol. The van der Waals surface area contributed by atoms with Crippen LogP contribution in [0.5, 0.6) is 0 Å². The largest absolute Gasteiger partial charge is 0.464 e. The quantitative estimate of drug-likeness (QED) is 0.760. The average molecular weight is 251 g/mol. The summed E-state index contributed by atoms with van der Waals surface area (Å²) in [6.07, 6.45) is 3.60.